The molecule has 1 nitrogen and oxygen atoms in total. The van der Waals surface area contributed by atoms with Crippen LogP contribution in [0, 0.1) is 17.8 Å². The van der Waals surface area contributed by atoms with Gasteiger partial charge in [0.05, 0.1) is 0 Å². The van der Waals surface area contributed by atoms with Gasteiger partial charge in [-0.2, -0.15) is 11.8 Å². The highest BCUT2D eigenvalue weighted by molar-refractivity contribution is 7.99. The molecule has 0 aromatic carbocycles. The fraction of sp³-hybridized carbons (Fsp3) is 0.923. The van der Waals surface area contributed by atoms with Crippen LogP contribution in [-0.2, 0) is 4.79 Å². The predicted molar refractivity (Wildman–Crippen MR) is 70.4 cm³/mol. The minimum atomic E-state index is 0.182. The second kappa shape index (κ2) is 7.32. The number of ketones is 1. The van der Waals surface area contributed by atoms with Gasteiger partial charge in [-0.25, -0.2) is 0 Å². The first-order valence-electron chi connectivity index (χ1n) is 5.99. The Bertz CT molecular complexity index is 185. The lowest BCUT2D eigenvalue weighted by atomic mass is 9.89. The smallest absolute Gasteiger partial charge is 0.139 e. The van der Waals surface area contributed by atoms with Crippen molar-refractivity contribution in [3.63, 3.8) is 0 Å². The molecule has 0 amide bonds. The lowest BCUT2D eigenvalue weighted by Crippen LogP contribution is -2.24. The van der Waals surface area contributed by atoms with Gasteiger partial charge < -0.3 is 0 Å². The molecule has 1 unspecified atom stereocenters. The van der Waals surface area contributed by atoms with E-state index in [1.807, 2.05) is 25.6 Å². The van der Waals surface area contributed by atoms with Gasteiger partial charge >= 0.3 is 0 Å². The van der Waals surface area contributed by atoms with Crippen molar-refractivity contribution in [2.75, 3.05) is 5.75 Å². The Morgan fingerprint density at radius 3 is 1.93 bits per heavy atom. The molecule has 0 aliphatic carbocycles. The number of thioether (sulfide) groups is 1. The monoisotopic (exact) mass is 230 g/mol. The summed E-state index contributed by atoms with van der Waals surface area (Å²) in [5, 5.41) is 0.625. The molecule has 0 spiro atoms. The second-order valence-corrected chi connectivity index (χ2v) is 6.88. The standard InChI is InChI=1S/C13H26OS/c1-9(2)7-12(8-15-11(5)6)13(14)10(3)4/h9-12H,7-8H2,1-6H3. The lowest BCUT2D eigenvalue weighted by Gasteiger charge is -2.20. The molecule has 0 aliphatic heterocycles. The van der Waals surface area contributed by atoms with Gasteiger partial charge in [0.2, 0.25) is 0 Å². The summed E-state index contributed by atoms with van der Waals surface area (Å²) in [7, 11) is 0. The molecule has 0 rings (SSSR count). The predicted octanol–water partition coefficient (Wildman–Crippen LogP) is 4.02. The van der Waals surface area contributed by atoms with E-state index in [4.69, 9.17) is 0 Å². The first kappa shape index (κ1) is 15.0. The van der Waals surface area contributed by atoms with Gasteiger partial charge in [-0.05, 0) is 17.6 Å². The van der Waals surface area contributed by atoms with Crippen molar-refractivity contribution < 1.29 is 4.79 Å². The molecule has 0 fully saturated rings. The number of rotatable bonds is 7. The van der Waals surface area contributed by atoms with E-state index < -0.39 is 0 Å². The molecule has 2 heteroatoms. The van der Waals surface area contributed by atoms with Crippen molar-refractivity contribution in [1.29, 1.82) is 0 Å². The summed E-state index contributed by atoms with van der Waals surface area (Å²) in [6.07, 6.45) is 1.04. The minimum absolute atomic E-state index is 0.182. The van der Waals surface area contributed by atoms with Gasteiger partial charge in [0.25, 0.3) is 0 Å². The fourth-order valence-corrected chi connectivity index (χ4v) is 2.53. The van der Waals surface area contributed by atoms with E-state index in [1.165, 1.54) is 0 Å². The van der Waals surface area contributed by atoms with Gasteiger partial charge in [-0.3, -0.25) is 4.79 Å². The van der Waals surface area contributed by atoms with Crippen molar-refractivity contribution in [3.05, 3.63) is 0 Å². The molecule has 0 N–H and O–H groups in total. The first-order valence-corrected chi connectivity index (χ1v) is 7.04. The minimum Gasteiger partial charge on any atom is -0.299 e. The lowest BCUT2D eigenvalue weighted by molar-refractivity contribution is -0.125. The topological polar surface area (TPSA) is 17.1 Å². The maximum Gasteiger partial charge on any atom is 0.139 e. The number of carbonyl (C=O) groups is 1. The highest BCUT2D eigenvalue weighted by Gasteiger charge is 2.22. The SMILES string of the molecule is CC(C)CC(CSC(C)C)C(=O)C(C)C. The Morgan fingerprint density at radius 2 is 1.60 bits per heavy atom. The van der Waals surface area contributed by atoms with Gasteiger partial charge in [0.15, 0.2) is 0 Å². The molecule has 0 bridgehead atoms. The molecular weight excluding hydrogens is 204 g/mol. The van der Waals surface area contributed by atoms with E-state index in [9.17, 15) is 4.79 Å². The number of hydrogen-bond acceptors (Lipinski definition) is 2. The molecule has 0 aromatic heterocycles. The Labute approximate surface area is 99.4 Å². The summed E-state index contributed by atoms with van der Waals surface area (Å²) >= 11 is 1.91. The number of Topliss-reactive ketones (excluding diaryl/α,β-unsaturated/α-hetero) is 1. The Morgan fingerprint density at radius 1 is 1.07 bits per heavy atom. The van der Waals surface area contributed by atoms with Crippen molar-refractivity contribution in [2.24, 2.45) is 17.8 Å². The summed E-state index contributed by atoms with van der Waals surface area (Å²) in [6.45, 7) is 12.8. The fourth-order valence-electron chi connectivity index (χ4n) is 1.62. The van der Waals surface area contributed by atoms with Crippen molar-refractivity contribution in [3.8, 4) is 0 Å². The molecule has 0 radical (unpaired) electrons. The largest absolute Gasteiger partial charge is 0.299 e. The summed E-state index contributed by atoms with van der Waals surface area (Å²) < 4.78 is 0. The summed E-state index contributed by atoms with van der Waals surface area (Å²) in [4.78, 5) is 12.0. The van der Waals surface area contributed by atoms with Gasteiger partial charge in [-0.15, -0.1) is 0 Å². The maximum atomic E-state index is 12.0. The third-order valence-electron chi connectivity index (χ3n) is 2.36. The van der Waals surface area contributed by atoms with E-state index in [-0.39, 0.29) is 11.8 Å². The zero-order valence-electron chi connectivity index (χ0n) is 11.0. The van der Waals surface area contributed by atoms with Crippen LogP contribution in [0.4, 0.5) is 0 Å². The maximum absolute atomic E-state index is 12.0. The highest BCUT2D eigenvalue weighted by Crippen LogP contribution is 2.23. The van der Waals surface area contributed by atoms with Gasteiger partial charge in [0, 0.05) is 17.6 Å². The number of hydrogen-bond donors (Lipinski definition) is 0. The molecule has 0 aliphatic rings. The summed E-state index contributed by atoms with van der Waals surface area (Å²) in [6, 6.07) is 0. The average molecular weight is 230 g/mol. The molecule has 0 saturated carbocycles. The van der Waals surface area contributed by atoms with E-state index in [0.717, 1.165) is 12.2 Å². The van der Waals surface area contributed by atoms with Crippen LogP contribution in [-0.4, -0.2) is 16.8 Å². The second-order valence-electron chi connectivity index (χ2n) is 5.27. The van der Waals surface area contributed by atoms with Crippen molar-refractivity contribution >= 4 is 17.5 Å². The van der Waals surface area contributed by atoms with Gasteiger partial charge in [-0.1, -0.05) is 41.5 Å². The van der Waals surface area contributed by atoms with Crippen LogP contribution in [0.5, 0.6) is 0 Å². The van der Waals surface area contributed by atoms with E-state index >= 15 is 0 Å². The van der Waals surface area contributed by atoms with Crippen LogP contribution in [0.2, 0.25) is 0 Å². The third-order valence-corrected chi connectivity index (χ3v) is 3.62. The van der Waals surface area contributed by atoms with Gasteiger partial charge in [0.1, 0.15) is 5.78 Å². The molecule has 15 heavy (non-hydrogen) atoms. The molecule has 90 valence electrons. The van der Waals surface area contributed by atoms with E-state index in [0.29, 0.717) is 17.0 Å². The van der Waals surface area contributed by atoms with Crippen LogP contribution in [0.1, 0.15) is 48.0 Å². The molecular formula is C13H26OS. The molecule has 0 heterocycles. The van der Waals surface area contributed by atoms with Crippen LogP contribution < -0.4 is 0 Å². The third kappa shape index (κ3) is 6.99. The van der Waals surface area contributed by atoms with Crippen molar-refractivity contribution in [1.82, 2.24) is 0 Å². The van der Waals surface area contributed by atoms with E-state index in [2.05, 4.69) is 27.7 Å². The average Bonchev–Trinajstić information content (AvgIpc) is 2.10. The molecule has 0 saturated heterocycles. The van der Waals surface area contributed by atoms with Crippen LogP contribution >= 0.6 is 11.8 Å². The highest BCUT2D eigenvalue weighted by atomic mass is 32.2. The van der Waals surface area contributed by atoms with E-state index in [1.54, 1.807) is 0 Å². The Balaban J connectivity index is 4.24. The molecule has 0 aromatic rings. The van der Waals surface area contributed by atoms with Crippen LogP contribution in [0.3, 0.4) is 0 Å². The zero-order chi connectivity index (χ0) is 12.0. The van der Waals surface area contributed by atoms with Crippen molar-refractivity contribution in [2.45, 2.75) is 53.2 Å². The van der Waals surface area contributed by atoms with Crippen LogP contribution in [0.15, 0.2) is 0 Å². The summed E-state index contributed by atoms with van der Waals surface area (Å²) in [5.74, 6) is 2.49. The van der Waals surface area contributed by atoms with Crippen LogP contribution in [0.25, 0.3) is 0 Å². The number of carbonyl (C=O) groups excluding carboxylic acids is 1. The Hall–Kier alpha value is 0.0200. The first-order chi connectivity index (χ1) is 6.84. The normalized spacial score (nSPS) is 13.9. The quantitative estimate of drug-likeness (QED) is 0.657. The molecule has 1 atom stereocenters. The zero-order valence-corrected chi connectivity index (χ0v) is 11.9. The Kier molecular flexibility index (Phi) is 7.33. The summed E-state index contributed by atoms with van der Waals surface area (Å²) in [5.41, 5.74) is 0.